The first-order valence-corrected chi connectivity index (χ1v) is 6.53. The van der Waals surface area contributed by atoms with Crippen LogP contribution in [0.15, 0.2) is 18.2 Å². The summed E-state index contributed by atoms with van der Waals surface area (Å²) < 4.78 is 0. The second-order valence-corrected chi connectivity index (χ2v) is 4.90. The topological polar surface area (TPSA) is 57.6 Å². The number of halogens is 1. The molecule has 0 saturated heterocycles. The van der Waals surface area contributed by atoms with Crippen molar-refractivity contribution < 1.29 is 14.7 Å². The number of aryl methyl sites for hydroxylation is 1. The van der Waals surface area contributed by atoms with E-state index in [9.17, 15) is 9.59 Å². The predicted molar refractivity (Wildman–Crippen MR) is 74.6 cm³/mol. The average molecular weight is 284 g/mol. The first-order chi connectivity index (χ1) is 8.88. The average Bonchev–Trinajstić information content (AvgIpc) is 2.38. The Kier molecular flexibility index (Phi) is 5.36. The molecule has 5 heteroatoms. The number of nitrogens with zero attached hydrogens (tertiary/aromatic N) is 1. The number of hydrogen-bond donors (Lipinski definition) is 1. The lowest BCUT2D eigenvalue weighted by atomic mass is 10.1. The highest BCUT2D eigenvalue weighted by atomic mass is 35.5. The highest BCUT2D eigenvalue weighted by molar-refractivity contribution is 6.34. The van der Waals surface area contributed by atoms with Crippen LogP contribution in [0.2, 0.25) is 5.02 Å². The number of carbonyl (C=O) groups is 2. The highest BCUT2D eigenvalue weighted by Gasteiger charge is 2.22. The molecule has 19 heavy (non-hydrogen) atoms. The molecular formula is C14H18ClNO3. The molecule has 1 aromatic carbocycles. The summed E-state index contributed by atoms with van der Waals surface area (Å²) in [6.07, 6.45) is 0. The van der Waals surface area contributed by atoms with E-state index in [2.05, 4.69) is 0 Å². The fraction of sp³-hybridized carbons (Fsp3) is 0.429. The van der Waals surface area contributed by atoms with Crippen LogP contribution in [0.3, 0.4) is 0 Å². The number of rotatable bonds is 5. The number of aliphatic carboxylic acids is 1. The van der Waals surface area contributed by atoms with Gasteiger partial charge in [-0.3, -0.25) is 9.59 Å². The van der Waals surface area contributed by atoms with Gasteiger partial charge in [-0.15, -0.1) is 0 Å². The number of benzene rings is 1. The Labute approximate surface area is 118 Å². The Morgan fingerprint density at radius 2 is 2.05 bits per heavy atom. The second-order valence-electron chi connectivity index (χ2n) is 4.52. The smallest absolute Gasteiger partial charge is 0.308 e. The van der Waals surface area contributed by atoms with Gasteiger partial charge in [0.1, 0.15) is 0 Å². The number of amides is 1. The summed E-state index contributed by atoms with van der Waals surface area (Å²) in [5.74, 6) is -1.75. The Morgan fingerprint density at radius 3 is 2.58 bits per heavy atom. The summed E-state index contributed by atoms with van der Waals surface area (Å²) in [4.78, 5) is 24.7. The number of carboxylic acid groups (broad SMARTS) is 1. The maximum atomic E-state index is 12.4. The first-order valence-electron chi connectivity index (χ1n) is 6.15. The van der Waals surface area contributed by atoms with Crippen molar-refractivity contribution in [3.63, 3.8) is 0 Å². The Morgan fingerprint density at radius 1 is 1.42 bits per heavy atom. The third-order valence-electron chi connectivity index (χ3n) is 3.01. The van der Waals surface area contributed by atoms with Crippen molar-refractivity contribution >= 4 is 23.5 Å². The molecule has 0 radical (unpaired) electrons. The summed E-state index contributed by atoms with van der Waals surface area (Å²) in [5.41, 5.74) is 1.25. The molecule has 104 valence electrons. The molecule has 0 fully saturated rings. The van der Waals surface area contributed by atoms with Crippen LogP contribution in [-0.2, 0) is 4.79 Å². The SMILES string of the molecule is CCN(CC(C)C(=O)O)C(=O)c1cccc(C)c1Cl. The van der Waals surface area contributed by atoms with Crippen molar-refractivity contribution in [2.75, 3.05) is 13.1 Å². The molecule has 0 aliphatic rings. The zero-order chi connectivity index (χ0) is 14.6. The number of hydrogen-bond acceptors (Lipinski definition) is 2. The molecule has 1 aromatic rings. The van der Waals surface area contributed by atoms with E-state index in [1.807, 2.05) is 19.9 Å². The van der Waals surface area contributed by atoms with Gasteiger partial charge in [0, 0.05) is 13.1 Å². The molecule has 0 heterocycles. The van der Waals surface area contributed by atoms with E-state index in [1.54, 1.807) is 19.1 Å². The number of carbonyl (C=O) groups excluding carboxylic acids is 1. The van der Waals surface area contributed by atoms with Crippen LogP contribution in [0, 0.1) is 12.8 Å². The van der Waals surface area contributed by atoms with E-state index < -0.39 is 11.9 Å². The summed E-state index contributed by atoms with van der Waals surface area (Å²) >= 11 is 6.12. The van der Waals surface area contributed by atoms with Crippen molar-refractivity contribution in [3.05, 3.63) is 34.3 Å². The lowest BCUT2D eigenvalue weighted by Crippen LogP contribution is -2.36. The van der Waals surface area contributed by atoms with Gasteiger partial charge in [-0.1, -0.05) is 30.7 Å². The first kappa shape index (κ1) is 15.5. The largest absolute Gasteiger partial charge is 0.481 e. The van der Waals surface area contributed by atoms with E-state index in [-0.39, 0.29) is 12.5 Å². The summed E-state index contributed by atoms with van der Waals surface area (Å²) in [6, 6.07) is 5.25. The molecule has 0 aliphatic heterocycles. The third kappa shape index (κ3) is 3.70. The second kappa shape index (κ2) is 6.57. The van der Waals surface area contributed by atoms with Gasteiger partial charge < -0.3 is 10.0 Å². The standard InChI is InChI=1S/C14H18ClNO3/c1-4-16(8-10(3)14(18)19)13(17)11-7-5-6-9(2)12(11)15/h5-7,10H,4,8H2,1-3H3,(H,18,19). The summed E-state index contributed by atoms with van der Waals surface area (Å²) in [7, 11) is 0. The van der Waals surface area contributed by atoms with Gasteiger partial charge in [0.2, 0.25) is 0 Å². The zero-order valence-corrected chi connectivity index (χ0v) is 12.1. The monoisotopic (exact) mass is 283 g/mol. The van der Waals surface area contributed by atoms with Crippen LogP contribution in [0.5, 0.6) is 0 Å². The van der Waals surface area contributed by atoms with Gasteiger partial charge in [0.05, 0.1) is 16.5 Å². The minimum absolute atomic E-state index is 0.176. The van der Waals surface area contributed by atoms with Gasteiger partial charge >= 0.3 is 5.97 Å². The molecular weight excluding hydrogens is 266 g/mol. The van der Waals surface area contributed by atoms with Crippen molar-refractivity contribution in [1.29, 1.82) is 0 Å². The molecule has 0 aromatic heterocycles. The van der Waals surface area contributed by atoms with Gasteiger partial charge in [-0.25, -0.2) is 0 Å². The number of carboxylic acids is 1. The molecule has 0 spiro atoms. The van der Waals surface area contributed by atoms with Gasteiger partial charge in [-0.2, -0.15) is 0 Å². The normalized spacial score (nSPS) is 12.0. The van der Waals surface area contributed by atoms with Crippen molar-refractivity contribution in [1.82, 2.24) is 4.90 Å². The van der Waals surface area contributed by atoms with E-state index in [4.69, 9.17) is 16.7 Å². The van der Waals surface area contributed by atoms with Crippen LogP contribution in [-0.4, -0.2) is 35.0 Å². The Balaban J connectivity index is 2.96. The molecule has 0 bridgehead atoms. The fourth-order valence-corrected chi connectivity index (χ4v) is 1.95. The van der Waals surface area contributed by atoms with E-state index in [1.165, 1.54) is 4.90 Å². The molecule has 1 amide bonds. The fourth-order valence-electron chi connectivity index (χ4n) is 1.75. The predicted octanol–water partition coefficient (Wildman–Crippen LogP) is 2.83. The molecule has 1 atom stereocenters. The molecule has 0 aliphatic carbocycles. The van der Waals surface area contributed by atoms with Gasteiger partial charge in [-0.05, 0) is 25.5 Å². The van der Waals surface area contributed by atoms with Crippen molar-refractivity contribution in [2.24, 2.45) is 5.92 Å². The minimum Gasteiger partial charge on any atom is -0.481 e. The van der Waals surface area contributed by atoms with Crippen LogP contribution in [0.4, 0.5) is 0 Å². The zero-order valence-electron chi connectivity index (χ0n) is 11.3. The van der Waals surface area contributed by atoms with Crippen LogP contribution < -0.4 is 0 Å². The van der Waals surface area contributed by atoms with Crippen LogP contribution >= 0.6 is 11.6 Å². The van der Waals surface area contributed by atoms with E-state index >= 15 is 0 Å². The molecule has 1 unspecified atom stereocenters. The highest BCUT2D eigenvalue weighted by Crippen LogP contribution is 2.22. The lowest BCUT2D eigenvalue weighted by Gasteiger charge is -2.23. The van der Waals surface area contributed by atoms with Crippen LogP contribution in [0.25, 0.3) is 0 Å². The van der Waals surface area contributed by atoms with Crippen LogP contribution in [0.1, 0.15) is 29.8 Å². The summed E-state index contributed by atoms with van der Waals surface area (Å²) in [5, 5.41) is 9.34. The molecule has 1 rings (SSSR count). The maximum absolute atomic E-state index is 12.4. The maximum Gasteiger partial charge on any atom is 0.308 e. The minimum atomic E-state index is -0.915. The van der Waals surface area contributed by atoms with Gasteiger partial charge in [0.15, 0.2) is 0 Å². The molecule has 0 saturated carbocycles. The van der Waals surface area contributed by atoms with Gasteiger partial charge in [0.25, 0.3) is 5.91 Å². The summed E-state index contributed by atoms with van der Waals surface area (Å²) in [6.45, 7) is 5.84. The third-order valence-corrected chi connectivity index (χ3v) is 3.51. The Hall–Kier alpha value is -1.55. The van der Waals surface area contributed by atoms with Crippen molar-refractivity contribution in [2.45, 2.75) is 20.8 Å². The van der Waals surface area contributed by atoms with E-state index in [0.717, 1.165) is 5.56 Å². The Bertz CT molecular complexity index is 488. The molecule has 4 nitrogen and oxygen atoms in total. The van der Waals surface area contributed by atoms with E-state index in [0.29, 0.717) is 17.1 Å². The molecule has 1 N–H and O–H groups in total. The quantitative estimate of drug-likeness (QED) is 0.904. The van der Waals surface area contributed by atoms with Crippen molar-refractivity contribution in [3.8, 4) is 0 Å². The lowest BCUT2D eigenvalue weighted by molar-refractivity contribution is -0.141.